The van der Waals surface area contributed by atoms with E-state index in [1.807, 2.05) is 0 Å². The van der Waals surface area contributed by atoms with E-state index in [0.717, 1.165) is 0 Å². The van der Waals surface area contributed by atoms with E-state index in [1.165, 1.54) is 18.2 Å². The molecular weight excluding hydrogens is 278 g/mol. The topological polar surface area (TPSA) is 83.5 Å². The van der Waals surface area contributed by atoms with Crippen LogP contribution in [0.2, 0.25) is 5.02 Å². The number of hydrogen-bond donors (Lipinski definition) is 2. The lowest BCUT2D eigenvalue weighted by atomic mass is 10.1. The lowest BCUT2D eigenvalue weighted by molar-refractivity contribution is -0.137. The Bertz CT molecular complexity index is 530. The molecule has 0 radical (unpaired) electrons. The van der Waals surface area contributed by atoms with Crippen LogP contribution in [0.15, 0.2) is 29.2 Å². The van der Waals surface area contributed by atoms with E-state index < -0.39 is 16.0 Å². The molecule has 0 aliphatic rings. The largest absolute Gasteiger partial charge is 0.481 e. The fourth-order valence-electron chi connectivity index (χ4n) is 1.34. The molecule has 0 aliphatic carbocycles. The van der Waals surface area contributed by atoms with Crippen molar-refractivity contribution in [1.29, 1.82) is 0 Å². The van der Waals surface area contributed by atoms with E-state index in [0.29, 0.717) is 5.02 Å². The third-order valence-electron chi connectivity index (χ3n) is 2.25. The van der Waals surface area contributed by atoms with Crippen LogP contribution in [0.3, 0.4) is 0 Å². The third kappa shape index (κ3) is 4.64. The first-order valence-electron chi connectivity index (χ1n) is 5.28. The van der Waals surface area contributed by atoms with Crippen molar-refractivity contribution in [1.82, 2.24) is 4.72 Å². The molecular formula is C11H14ClNO4S. The number of hydrogen-bond acceptors (Lipinski definition) is 3. The van der Waals surface area contributed by atoms with E-state index in [1.54, 1.807) is 13.0 Å². The summed E-state index contributed by atoms with van der Waals surface area (Å²) < 4.78 is 26.1. The third-order valence-corrected chi connectivity index (χ3v) is 3.91. The Balaban J connectivity index is 2.68. The molecule has 0 bridgehead atoms. The second-order valence-electron chi connectivity index (χ2n) is 4.01. The number of aliphatic carboxylic acids is 1. The van der Waals surface area contributed by atoms with Gasteiger partial charge in [0.15, 0.2) is 0 Å². The summed E-state index contributed by atoms with van der Waals surface area (Å²) in [5.41, 5.74) is 0. The number of rotatable bonds is 6. The first-order chi connectivity index (χ1) is 8.31. The molecule has 18 heavy (non-hydrogen) atoms. The monoisotopic (exact) mass is 291 g/mol. The minimum absolute atomic E-state index is 0.0672. The van der Waals surface area contributed by atoms with Gasteiger partial charge in [-0.15, -0.1) is 0 Å². The first kappa shape index (κ1) is 14.9. The fraction of sp³-hybridized carbons (Fsp3) is 0.364. The number of nitrogens with one attached hydrogen (secondary N) is 1. The molecule has 1 aromatic rings. The van der Waals surface area contributed by atoms with Gasteiger partial charge in [0.05, 0.1) is 4.90 Å². The fourth-order valence-corrected chi connectivity index (χ4v) is 2.81. The molecule has 7 heteroatoms. The summed E-state index contributed by atoms with van der Waals surface area (Å²) in [4.78, 5) is 10.5. The van der Waals surface area contributed by atoms with Crippen molar-refractivity contribution in [2.45, 2.75) is 18.2 Å². The molecule has 0 amide bonds. The van der Waals surface area contributed by atoms with E-state index >= 15 is 0 Å². The lowest BCUT2D eigenvalue weighted by Crippen LogP contribution is -2.29. The van der Waals surface area contributed by atoms with Gasteiger partial charge in [0, 0.05) is 18.0 Å². The van der Waals surface area contributed by atoms with Crippen molar-refractivity contribution in [2.75, 3.05) is 6.54 Å². The van der Waals surface area contributed by atoms with Gasteiger partial charge in [-0.05, 0) is 24.1 Å². The van der Waals surface area contributed by atoms with Gasteiger partial charge in [0.2, 0.25) is 10.0 Å². The van der Waals surface area contributed by atoms with Gasteiger partial charge in [-0.25, -0.2) is 13.1 Å². The van der Waals surface area contributed by atoms with Crippen LogP contribution in [0.25, 0.3) is 0 Å². The van der Waals surface area contributed by atoms with Gasteiger partial charge in [0.25, 0.3) is 0 Å². The Hall–Kier alpha value is -1.11. The molecule has 0 heterocycles. The molecule has 0 aromatic heterocycles. The van der Waals surface area contributed by atoms with Crippen molar-refractivity contribution in [3.8, 4) is 0 Å². The van der Waals surface area contributed by atoms with Crippen molar-refractivity contribution in [2.24, 2.45) is 5.92 Å². The molecule has 5 nitrogen and oxygen atoms in total. The Morgan fingerprint density at radius 1 is 1.50 bits per heavy atom. The predicted molar refractivity (Wildman–Crippen MR) is 68.1 cm³/mol. The Labute approximate surface area is 111 Å². The van der Waals surface area contributed by atoms with Gasteiger partial charge in [-0.2, -0.15) is 0 Å². The van der Waals surface area contributed by atoms with Crippen LogP contribution in [0.4, 0.5) is 0 Å². The summed E-state index contributed by atoms with van der Waals surface area (Å²) in [5.74, 6) is -1.24. The molecule has 1 rings (SSSR count). The molecule has 0 saturated heterocycles. The summed E-state index contributed by atoms with van der Waals surface area (Å²) in [6.07, 6.45) is -0.0853. The maximum absolute atomic E-state index is 11.9. The summed E-state index contributed by atoms with van der Waals surface area (Å²) in [6.45, 7) is 1.73. The maximum atomic E-state index is 11.9. The molecule has 0 aliphatic heterocycles. The number of benzene rings is 1. The highest BCUT2D eigenvalue weighted by atomic mass is 35.5. The molecule has 0 saturated carbocycles. The predicted octanol–water partition coefficient (Wildman–Crippen LogP) is 1.73. The van der Waals surface area contributed by atoms with Crippen LogP contribution in [-0.2, 0) is 14.8 Å². The average Bonchev–Trinajstić information content (AvgIpc) is 2.26. The average molecular weight is 292 g/mol. The van der Waals surface area contributed by atoms with Crippen molar-refractivity contribution >= 4 is 27.6 Å². The van der Waals surface area contributed by atoms with Crippen LogP contribution in [0.5, 0.6) is 0 Å². The molecule has 1 unspecified atom stereocenters. The summed E-state index contributed by atoms with van der Waals surface area (Å²) in [6, 6.07) is 5.88. The SMILES string of the molecule is CC(CNS(=O)(=O)c1cccc(Cl)c1)CC(=O)O. The number of carbonyl (C=O) groups is 1. The summed E-state index contributed by atoms with van der Waals surface area (Å²) >= 11 is 5.71. The number of carboxylic acid groups (broad SMARTS) is 1. The van der Waals surface area contributed by atoms with Gasteiger partial charge in [-0.3, -0.25) is 4.79 Å². The summed E-state index contributed by atoms with van der Waals surface area (Å²) in [7, 11) is -3.64. The van der Waals surface area contributed by atoms with Gasteiger partial charge in [-0.1, -0.05) is 24.6 Å². The second-order valence-corrected chi connectivity index (χ2v) is 6.22. The molecule has 2 N–H and O–H groups in total. The van der Waals surface area contributed by atoms with Crippen LogP contribution < -0.4 is 4.72 Å². The molecule has 0 spiro atoms. The van der Waals surface area contributed by atoms with Crippen LogP contribution in [0.1, 0.15) is 13.3 Å². The normalized spacial score (nSPS) is 13.2. The Kier molecular flexibility index (Phi) is 5.13. The summed E-state index contributed by atoms with van der Waals surface area (Å²) in [5, 5.41) is 8.90. The van der Waals surface area contributed by atoms with Gasteiger partial charge in [0.1, 0.15) is 0 Å². The Morgan fingerprint density at radius 2 is 2.17 bits per heavy atom. The zero-order chi connectivity index (χ0) is 13.8. The number of halogens is 1. The highest BCUT2D eigenvalue weighted by Crippen LogP contribution is 2.15. The minimum Gasteiger partial charge on any atom is -0.481 e. The second kappa shape index (κ2) is 6.17. The zero-order valence-corrected chi connectivity index (χ0v) is 11.3. The zero-order valence-electron chi connectivity index (χ0n) is 9.76. The maximum Gasteiger partial charge on any atom is 0.303 e. The van der Waals surface area contributed by atoms with E-state index in [9.17, 15) is 13.2 Å². The van der Waals surface area contributed by atoms with Gasteiger partial charge < -0.3 is 5.11 Å². The van der Waals surface area contributed by atoms with Crippen molar-refractivity contribution < 1.29 is 18.3 Å². The van der Waals surface area contributed by atoms with Gasteiger partial charge >= 0.3 is 5.97 Å². The molecule has 1 aromatic carbocycles. The molecule has 1 atom stereocenters. The number of carboxylic acids is 1. The lowest BCUT2D eigenvalue weighted by Gasteiger charge is -2.11. The molecule has 0 fully saturated rings. The smallest absolute Gasteiger partial charge is 0.303 e. The quantitative estimate of drug-likeness (QED) is 0.836. The van der Waals surface area contributed by atoms with Crippen molar-refractivity contribution in [3.63, 3.8) is 0 Å². The van der Waals surface area contributed by atoms with Crippen LogP contribution >= 0.6 is 11.6 Å². The van der Waals surface area contributed by atoms with Crippen LogP contribution in [-0.4, -0.2) is 26.0 Å². The van der Waals surface area contributed by atoms with E-state index in [4.69, 9.17) is 16.7 Å². The van der Waals surface area contributed by atoms with Crippen LogP contribution in [0, 0.1) is 5.92 Å². The highest BCUT2D eigenvalue weighted by Gasteiger charge is 2.16. The highest BCUT2D eigenvalue weighted by molar-refractivity contribution is 7.89. The first-order valence-corrected chi connectivity index (χ1v) is 7.14. The Morgan fingerprint density at radius 3 is 2.72 bits per heavy atom. The van der Waals surface area contributed by atoms with Crippen molar-refractivity contribution in [3.05, 3.63) is 29.3 Å². The minimum atomic E-state index is -3.64. The van der Waals surface area contributed by atoms with E-state index in [2.05, 4.69) is 4.72 Å². The van der Waals surface area contributed by atoms with E-state index in [-0.39, 0.29) is 23.8 Å². The standard InChI is InChI=1S/C11H14ClNO4S/c1-8(5-11(14)15)7-13-18(16,17)10-4-2-3-9(12)6-10/h2-4,6,8,13H,5,7H2,1H3,(H,14,15). The molecule has 100 valence electrons. The number of sulfonamides is 1.